The lowest BCUT2D eigenvalue weighted by Crippen LogP contribution is -2.15. The lowest BCUT2D eigenvalue weighted by Gasteiger charge is -2.23. The fourth-order valence-electron chi connectivity index (χ4n) is 4.98. The van der Waals surface area contributed by atoms with Crippen LogP contribution < -0.4 is 10.6 Å². The first-order chi connectivity index (χ1) is 20.9. The number of aromatic nitrogens is 4. The van der Waals surface area contributed by atoms with Crippen LogP contribution in [0, 0.1) is 28.5 Å². The van der Waals surface area contributed by atoms with Crippen molar-refractivity contribution in [3.8, 4) is 12.1 Å². The van der Waals surface area contributed by atoms with Gasteiger partial charge in [-0.15, -0.1) is 5.10 Å². The summed E-state index contributed by atoms with van der Waals surface area (Å²) in [6.07, 6.45) is 5.63. The van der Waals surface area contributed by atoms with E-state index in [1.54, 1.807) is 35.1 Å². The number of rotatable bonds is 9. The average Bonchev–Trinajstić information content (AvgIpc) is 3.77. The molecule has 0 saturated heterocycles. The first-order valence-electron chi connectivity index (χ1n) is 14.1. The maximum atomic E-state index is 16.7. The Balaban J connectivity index is 1.51. The van der Waals surface area contributed by atoms with Gasteiger partial charge in [0.25, 0.3) is 0 Å². The molecule has 0 aliphatic heterocycles. The number of halogens is 2. The molecule has 1 fully saturated rings. The highest BCUT2D eigenvalue weighted by molar-refractivity contribution is 6.36. The Morgan fingerprint density at radius 3 is 2.60 bits per heavy atom. The molecule has 0 amide bonds. The average molecular weight is 578 g/mol. The van der Waals surface area contributed by atoms with Gasteiger partial charge in [-0.2, -0.15) is 10.5 Å². The molecule has 1 aliphatic rings. The van der Waals surface area contributed by atoms with Crippen LogP contribution in [0.3, 0.4) is 0 Å². The van der Waals surface area contributed by atoms with Crippen molar-refractivity contribution < 1.29 is 5.76 Å². The van der Waals surface area contributed by atoms with Gasteiger partial charge < -0.3 is 10.6 Å². The summed E-state index contributed by atoms with van der Waals surface area (Å²) >= 11 is 6.70. The zero-order chi connectivity index (χ0) is 30.1. The minimum Gasteiger partial charge on any atom is -0.376 e. The molecule has 5 aromatic rings. The molecule has 0 bridgehead atoms. The fraction of sp³-hybridized carbons (Fsp3) is 0.219. The van der Waals surface area contributed by atoms with Crippen LogP contribution in [-0.2, 0) is 0 Å². The summed E-state index contributed by atoms with van der Waals surface area (Å²) in [5.74, 6) is -0.739. The van der Waals surface area contributed by atoms with E-state index >= 15 is 4.39 Å². The van der Waals surface area contributed by atoms with E-state index in [1.807, 2.05) is 37.3 Å². The number of hydrogen-bond acceptors (Lipinski definition) is 7. The number of anilines is 2. The van der Waals surface area contributed by atoms with Crippen molar-refractivity contribution in [2.24, 2.45) is 0 Å². The quantitative estimate of drug-likeness (QED) is 0.187. The van der Waals surface area contributed by atoms with E-state index in [9.17, 15) is 11.9 Å². The van der Waals surface area contributed by atoms with Gasteiger partial charge in [0.15, 0.2) is 5.82 Å². The Labute approximate surface area is 248 Å². The third-order valence-corrected chi connectivity index (χ3v) is 7.60. The van der Waals surface area contributed by atoms with E-state index in [0.717, 1.165) is 18.4 Å². The zero-order valence-corrected chi connectivity index (χ0v) is 23.4. The van der Waals surface area contributed by atoms with Gasteiger partial charge in [-0.25, -0.2) is 9.07 Å². The minimum absolute atomic E-state index is 0.0261. The SMILES string of the molecule is [2H][C@@](Nc1cc(Cl)c2ncc(C#N)c(N[C@H](CC)c3ccccc3)c2c1F)(c1cccc(C#N)c1)c1cn(C2CC2)nn1. The third kappa shape index (κ3) is 5.23. The van der Waals surface area contributed by atoms with Gasteiger partial charge in [0, 0.05) is 6.20 Å². The van der Waals surface area contributed by atoms with Crippen LogP contribution in [0.25, 0.3) is 10.9 Å². The van der Waals surface area contributed by atoms with Crippen molar-refractivity contribution in [3.63, 3.8) is 0 Å². The highest BCUT2D eigenvalue weighted by Gasteiger charge is 2.28. The lowest BCUT2D eigenvalue weighted by molar-refractivity contribution is 0.610. The summed E-state index contributed by atoms with van der Waals surface area (Å²) < 4.78 is 28.1. The lowest BCUT2D eigenvalue weighted by atomic mass is 10.00. The van der Waals surface area contributed by atoms with Crippen LogP contribution in [0.5, 0.6) is 0 Å². The van der Waals surface area contributed by atoms with Crippen molar-refractivity contribution in [1.29, 1.82) is 10.5 Å². The molecule has 2 heterocycles. The molecule has 10 heteroatoms. The highest BCUT2D eigenvalue weighted by atomic mass is 35.5. The van der Waals surface area contributed by atoms with E-state index in [1.165, 1.54) is 12.3 Å². The first-order valence-corrected chi connectivity index (χ1v) is 14.0. The standard InChI is InChI=1S/C32H26ClFN8/c1-2-25(20-8-4-3-5-9-20)38-31-22(16-36)17-37-32-24(33)14-26(29(34)28(31)32)39-30(21-10-6-7-19(13-21)15-35)27-18-42(41-40-27)23-11-12-23/h3-10,13-14,17-18,23,25,30,39H,2,11-12H2,1H3,(H,37,38)/t25-,30-/m1/s1/i30D. The zero-order valence-electron chi connectivity index (χ0n) is 23.6. The third-order valence-electron chi connectivity index (χ3n) is 7.31. The molecule has 0 spiro atoms. The Kier molecular flexibility index (Phi) is 7.09. The Morgan fingerprint density at radius 2 is 1.88 bits per heavy atom. The molecule has 208 valence electrons. The van der Waals surface area contributed by atoms with Gasteiger partial charge in [0.2, 0.25) is 0 Å². The predicted octanol–water partition coefficient (Wildman–Crippen LogP) is 7.46. The number of nitriles is 2. The molecule has 2 N–H and O–H groups in total. The van der Waals surface area contributed by atoms with Crippen molar-refractivity contribution in [2.45, 2.75) is 44.3 Å². The van der Waals surface area contributed by atoms with Gasteiger partial charge in [-0.3, -0.25) is 4.98 Å². The second-order valence-electron chi connectivity index (χ2n) is 10.1. The highest BCUT2D eigenvalue weighted by Crippen LogP contribution is 2.40. The molecular weight excluding hydrogens is 551 g/mol. The van der Waals surface area contributed by atoms with Gasteiger partial charge >= 0.3 is 0 Å². The van der Waals surface area contributed by atoms with Crippen LogP contribution in [0.15, 0.2) is 73.1 Å². The Morgan fingerprint density at radius 1 is 1.10 bits per heavy atom. The topological polar surface area (TPSA) is 115 Å². The van der Waals surface area contributed by atoms with Gasteiger partial charge in [0.1, 0.15) is 11.8 Å². The number of fused-ring (bicyclic) bond motifs is 1. The smallest absolute Gasteiger partial charge is 0.157 e. The molecule has 0 radical (unpaired) electrons. The fourth-order valence-corrected chi connectivity index (χ4v) is 5.23. The molecule has 42 heavy (non-hydrogen) atoms. The summed E-state index contributed by atoms with van der Waals surface area (Å²) in [7, 11) is 0. The van der Waals surface area contributed by atoms with Crippen LogP contribution in [-0.4, -0.2) is 20.0 Å². The molecule has 3 aromatic carbocycles. The van der Waals surface area contributed by atoms with Gasteiger partial charge in [-0.1, -0.05) is 66.2 Å². The van der Waals surface area contributed by atoms with Crippen molar-refractivity contribution in [1.82, 2.24) is 20.0 Å². The normalized spacial score (nSPS) is 15.2. The Hall–Kier alpha value is -4.99. The Bertz CT molecular complexity index is 1910. The molecule has 1 saturated carbocycles. The summed E-state index contributed by atoms with van der Waals surface area (Å²) in [6.45, 7) is 2.00. The van der Waals surface area contributed by atoms with E-state index in [2.05, 4.69) is 38.1 Å². The second-order valence-corrected chi connectivity index (χ2v) is 10.5. The summed E-state index contributed by atoms with van der Waals surface area (Å²) in [5, 5.41) is 34.6. The van der Waals surface area contributed by atoms with Crippen molar-refractivity contribution in [3.05, 3.63) is 112 Å². The molecule has 2 aromatic heterocycles. The van der Waals surface area contributed by atoms with Crippen LogP contribution in [0.4, 0.5) is 15.8 Å². The van der Waals surface area contributed by atoms with E-state index in [0.29, 0.717) is 17.5 Å². The van der Waals surface area contributed by atoms with E-state index in [-0.39, 0.29) is 50.6 Å². The number of nitrogens with zero attached hydrogens (tertiary/aromatic N) is 6. The van der Waals surface area contributed by atoms with E-state index < -0.39 is 11.8 Å². The molecule has 1 aliphatic carbocycles. The second kappa shape index (κ2) is 11.5. The van der Waals surface area contributed by atoms with Gasteiger partial charge in [0.05, 0.1) is 70.2 Å². The van der Waals surface area contributed by atoms with Crippen LogP contribution in [0.1, 0.15) is 73.6 Å². The monoisotopic (exact) mass is 577 g/mol. The summed E-state index contributed by atoms with van der Waals surface area (Å²) in [5.41, 5.74) is 2.39. The molecule has 0 unspecified atom stereocenters. The largest absolute Gasteiger partial charge is 0.376 e. The van der Waals surface area contributed by atoms with Crippen LogP contribution in [0.2, 0.25) is 5.02 Å². The first kappa shape index (κ1) is 25.9. The van der Waals surface area contributed by atoms with Gasteiger partial charge in [-0.05, 0) is 48.6 Å². The molecule has 6 rings (SSSR count). The molecule has 8 nitrogen and oxygen atoms in total. The molecular formula is C32H26ClFN8. The van der Waals surface area contributed by atoms with E-state index in [4.69, 9.17) is 11.6 Å². The maximum absolute atomic E-state index is 16.7. The van der Waals surface area contributed by atoms with Crippen molar-refractivity contribution >= 4 is 33.9 Å². The van der Waals surface area contributed by atoms with Crippen LogP contribution >= 0.6 is 11.6 Å². The minimum atomic E-state index is -1.85. The number of pyridine rings is 1. The number of nitrogens with one attached hydrogen (secondary N) is 2. The maximum Gasteiger partial charge on any atom is 0.157 e. The van der Waals surface area contributed by atoms with Crippen molar-refractivity contribution in [2.75, 3.05) is 10.6 Å². The number of benzene rings is 3. The number of hydrogen-bond donors (Lipinski definition) is 2. The summed E-state index contributed by atoms with van der Waals surface area (Å²) in [4.78, 5) is 4.31. The molecule has 2 atom stereocenters. The predicted molar refractivity (Wildman–Crippen MR) is 159 cm³/mol. The summed E-state index contributed by atoms with van der Waals surface area (Å²) in [6, 6.07) is 19.9.